The van der Waals surface area contributed by atoms with Crippen molar-refractivity contribution < 1.29 is 4.74 Å². The average molecular weight is 236 g/mol. The summed E-state index contributed by atoms with van der Waals surface area (Å²) in [6.07, 6.45) is 1.94. The summed E-state index contributed by atoms with van der Waals surface area (Å²) in [6.45, 7) is 10.2. The van der Waals surface area contributed by atoms with Gasteiger partial charge in [-0.05, 0) is 38.4 Å². The van der Waals surface area contributed by atoms with Crippen molar-refractivity contribution in [3.63, 3.8) is 0 Å². The lowest BCUT2D eigenvalue weighted by Crippen LogP contribution is -2.24. The highest BCUT2D eigenvalue weighted by Gasteiger charge is 2.03. The minimum atomic E-state index is 0.544. The molecule has 0 radical (unpaired) electrons. The van der Waals surface area contributed by atoms with Crippen molar-refractivity contribution in [1.82, 2.24) is 10.3 Å². The molecule has 0 atom stereocenters. The lowest BCUT2D eigenvalue weighted by Gasteiger charge is -2.11. The van der Waals surface area contributed by atoms with Gasteiger partial charge in [-0.1, -0.05) is 20.8 Å². The standard InChI is InChI=1S/C14H24N2O/c1-5-13-14(8-7-12(4)16-13)17-10-6-9-15-11(2)3/h7-8,11,15H,5-6,9-10H2,1-4H3. The smallest absolute Gasteiger partial charge is 0.140 e. The number of hydrogen-bond acceptors (Lipinski definition) is 3. The third-order valence-electron chi connectivity index (χ3n) is 2.54. The number of nitrogens with zero attached hydrogens (tertiary/aromatic N) is 1. The van der Waals surface area contributed by atoms with Crippen LogP contribution in [0.2, 0.25) is 0 Å². The van der Waals surface area contributed by atoms with Crippen molar-refractivity contribution in [1.29, 1.82) is 0 Å². The summed E-state index contributed by atoms with van der Waals surface area (Å²) in [5.41, 5.74) is 2.11. The second-order valence-corrected chi connectivity index (χ2v) is 4.56. The molecule has 17 heavy (non-hydrogen) atoms. The van der Waals surface area contributed by atoms with Crippen molar-refractivity contribution in [3.8, 4) is 5.75 Å². The molecule has 0 saturated carbocycles. The van der Waals surface area contributed by atoms with Gasteiger partial charge in [0.1, 0.15) is 5.75 Å². The Bertz CT molecular complexity index is 337. The van der Waals surface area contributed by atoms with Crippen molar-refractivity contribution in [3.05, 3.63) is 23.5 Å². The van der Waals surface area contributed by atoms with Crippen LogP contribution in [0, 0.1) is 6.92 Å². The molecule has 0 aliphatic carbocycles. The van der Waals surface area contributed by atoms with Crippen LogP contribution in [0.25, 0.3) is 0 Å². The Balaban J connectivity index is 2.36. The van der Waals surface area contributed by atoms with Crippen LogP contribution in [0.5, 0.6) is 5.75 Å². The SMILES string of the molecule is CCc1nc(C)ccc1OCCCNC(C)C. The highest BCUT2D eigenvalue weighted by atomic mass is 16.5. The van der Waals surface area contributed by atoms with E-state index in [1.807, 2.05) is 19.1 Å². The highest BCUT2D eigenvalue weighted by molar-refractivity contribution is 5.29. The maximum Gasteiger partial charge on any atom is 0.140 e. The van der Waals surface area contributed by atoms with Gasteiger partial charge in [0, 0.05) is 11.7 Å². The third kappa shape index (κ3) is 5.18. The van der Waals surface area contributed by atoms with Crippen LogP contribution in [-0.2, 0) is 6.42 Å². The fraction of sp³-hybridized carbons (Fsp3) is 0.643. The minimum absolute atomic E-state index is 0.544. The molecule has 0 amide bonds. The predicted molar refractivity (Wildman–Crippen MR) is 71.6 cm³/mol. The molecule has 0 aromatic carbocycles. The van der Waals surface area contributed by atoms with E-state index in [4.69, 9.17) is 4.74 Å². The van der Waals surface area contributed by atoms with Crippen LogP contribution in [0.15, 0.2) is 12.1 Å². The van der Waals surface area contributed by atoms with E-state index >= 15 is 0 Å². The molecule has 1 N–H and O–H groups in total. The fourth-order valence-electron chi connectivity index (χ4n) is 1.63. The van der Waals surface area contributed by atoms with Gasteiger partial charge in [0.15, 0.2) is 0 Å². The average Bonchev–Trinajstić information content (AvgIpc) is 2.29. The molecule has 96 valence electrons. The lowest BCUT2D eigenvalue weighted by molar-refractivity contribution is 0.302. The van der Waals surface area contributed by atoms with E-state index in [2.05, 4.69) is 31.1 Å². The summed E-state index contributed by atoms with van der Waals surface area (Å²) >= 11 is 0. The van der Waals surface area contributed by atoms with Crippen molar-refractivity contribution in [2.75, 3.05) is 13.2 Å². The Morgan fingerprint density at radius 1 is 1.35 bits per heavy atom. The monoisotopic (exact) mass is 236 g/mol. The normalized spacial score (nSPS) is 10.9. The van der Waals surface area contributed by atoms with Gasteiger partial charge in [-0.2, -0.15) is 0 Å². The van der Waals surface area contributed by atoms with Gasteiger partial charge in [-0.25, -0.2) is 0 Å². The number of pyridine rings is 1. The largest absolute Gasteiger partial charge is 0.492 e. The van der Waals surface area contributed by atoms with Gasteiger partial charge in [-0.15, -0.1) is 0 Å². The van der Waals surface area contributed by atoms with E-state index < -0.39 is 0 Å². The van der Waals surface area contributed by atoms with Crippen molar-refractivity contribution in [2.45, 2.75) is 46.6 Å². The molecule has 0 bridgehead atoms. The van der Waals surface area contributed by atoms with Gasteiger partial charge in [0.2, 0.25) is 0 Å². The molecule has 0 unspecified atom stereocenters. The van der Waals surface area contributed by atoms with Crippen LogP contribution in [-0.4, -0.2) is 24.2 Å². The van der Waals surface area contributed by atoms with Crippen LogP contribution in [0.4, 0.5) is 0 Å². The fourth-order valence-corrected chi connectivity index (χ4v) is 1.63. The minimum Gasteiger partial charge on any atom is -0.492 e. The number of aromatic nitrogens is 1. The number of aryl methyl sites for hydroxylation is 2. The maximum atomic E-state index is 5.76. The summed E-state index contributed by atoms with van der Waals surface area (Å²) in [5.74, 6) is 0.933. The zero-order valence-electron chi connectivity index (χ0n) is 11.4. The predicted octanol–water partition coefficient (Wildman–Crippen LogP) is 2.72. The summed E-state index contributed by atoms with van der Waals surface area (Å²) in [5, 5.41) is 3.37. The second kappa shape index (κ2) is 7.28. The van der Waals surface area contributed by atoms with Crippen LogP contribution >= 0.6 is 0 Å². The molecule has 0 aliphatic rings. The van der Waals surface area contributed by atoms with Crippen LogP contribution in [0.1, 0.15) is 38.6 Å². The van der Waals surface area contributed by atoms with Gasteiger partial charge in [0.05, 0.1) is 12.3 Å². The Kier molecular flexibility index (Phi) is 5.98. The molecule has 1 rings (SSSR count). The van der Waals surface area contributed by atoms with Crippen molar-refractivity contribution >= 4 is 0 Å². The van der Waals surface area contributed by atoms with E-state index in [9.17, 15) is 0 Å². The molecule has 0 aliphatic heterocycles. The van der Waals surface area contributed by atoms with Gasteiger partial charge >= 0.3 is 0 Å². The molecule has 0 spiro atoms. The highest BCUT2D eigenvalue weighted by Crippen LogP contribution is 2.17. The molecule has 1 aromatic heterocycles. The van der Waals surface area contributed by atoms with E-state index in [1.165, 1.54) is 0 Å². The van der Waals surface area contributed by atoms with Gasteiger partial charge in [-0.3, -0.25) is 4.98 Å². The topological polar surface area (TPSA) is 34.1 Å². The van der Waals surface area contributed by atoms with Crippen LogP contribution in [0.3, 0.4) is 0 Å². The number of hydrogen-bond donors (Lipinski definition) is 1. The first-order valence-electron chi connectivity index (χ1n) is 6.46. The summed E-state index contributed by atoms with van der Waals surface area (Å²) in [6, 6.07) is 4.57. The molecule has 1 heterocycles. The Labute approximate surface area is 105 Å². The maximum absolute atomic E-state index is 5.76. The summed E-state index contributed by atoms with van der Waals surface area (Å²) in [4.78, 5) is 4.48. The number of rotatable bonds is 7. The zero-order valence-corrected chi connectivity index (χ0v) is 11.4. The Morgan fingerprint density at radius 3 is 2.76 bits per heavy atom. The summed E-state index contributed by atoms with van der Waals surface area (Å²) < 4.78 is 5.76. The van der Waals surface area contributed by atoms with Gasteiger partial charge < -0.3 is 10.1 Å². The molecule has 3 heteroatoms. The molecule has 0 fully saturated rings. The first-order chi connectivity index (χ1) is 8.13. The Hall–Kier alpha value is -1.09. The van der Waals surface area contributed by atoms with Crippen LogP contribution < -0.4 is 10.1 Å². The van der Waals surface area contributed by atoms with E-state index in [0.29, 0.717) is 6.04 Å². The number of nitrogens with one attached hydrogen (secondary N) is 1. The zero-order chi connectivity index (χ0) is 12.7. The molecule has 0 saturated heterocycles. The molecular weight excluding hydrogens is 212 g/mol. The first kappa shape index (κ1) is 14.0. The quantitative estimate of drug-likeness (QED) is 0.739. The van der Waals surface area contributed by atoms with E-state index in [-0.39, 0.29) is 0 Å². The van der Waals surface area contributed by atoms with Gasteiger partial charge in [0.25, 0.3) is 0 Å². The summed E-state index contributed by atoms with van der Waals surface area (Å²) in [7, 11) is 0. The van der Waals surface area contributed by atoms with E-state index in [0.717, 1.165) is 43.1 Å². The number of ether oxygens (including phenoxy) is 1. The lowest BCUT2D eigenvalue weighted by atomic mass is 10.2. The molecule has 1 aromatic rings. The van der Waals surface area contributed by atoms with Crippen molar-refractivity contribution in [2.24, 2.45) is 0 Å². The second-order valence-electron chi connectivity index (χ2n) is 4.56. The molecule has 3 nitrogen and oxygen atoms in total. The van der Waals surface area contributed by atoms with E-state index in [1.54, 1.807) is 0 Å². The third-order valence-corrected chi connectivity index (χ3v) is 2.54. The Morgan fingerprint density at radius 2 is 2.12 bits per heavy atom. The molecular formula is C14H24N2O. The first-order valence-corrected chi connectivity index (χ1v) is 6.46.